The molecule has 24 fully saturated rings. The summed E-state index contributed by atoms with van der Waals surface area (Å²) < 4.78 is 64.4. The van der Waals surface area contributed by atoms with Crippen LogP contribution in [-0.2, 0) is 66.5 Å². The van der Waals surface area contributed by atoms with Crippen LogP contribution >= 0.6 is 0 Å². The smallest absolute Gasteiger partial charge is 0.302 e. The van der Waals surface area contributed by atoms with Crippen molar-refractivity contribution in [3.63, 3.8) is 0 Å². The fourth-order valence-corrected chi connectivity index (χ4v) is 41.7. The van der Waals surface area contributed by atoms with E-state index in [0.717, 1.165) is 185 Å². The molecule has 132 heavy (non-hydrogen) atoms. The molecule has 0 aromatic rings. The van der Waals surface area contributed by atoms with Gasteiger partial charge >= 0.3 is 11.9 Å². The second-order valence-corrected chi connectivity index (χ2v) is 54.3. The van der Waals surface area contributed by atoms with Gasteiger partial charge in [0.15, 0.2) is 34.7 Å². The highest BCUT2D eigenvalue weighted by Gasteiger charge is 2.78. The van der Waals surface area contributed by atoms with Crippen LogP contribution in [0.15, 0.2) is 0 Å². The lowest BCUT2D eigenvalue weighted by Crippen LogP contribution is -2.69. The van der Waals surface area contributed by atoms with Gasteiger partial charge in [-0.05, 0) is 349 Å². The summed E-state index contributed by atoms with van der Waals surface area (Å²) in [5.74, 6) is 11.8. The van der Waals surface area contributed by atoms with Crippen LogP contribution in [0.3, 0.4) is 0 Å². The predicted molar refractivity (Wildman–Crippen MR) is 500 cm³/mol. The number of fused-ring (bicyclic) bond motifs is 28. The van der Waals surface area contributed by atoms with Gasteiger partial charge in [-0.15, -0.1) is 0 Å². The number of hydrogen-bond donors (Lipinski definition) is 5. The number of aliphatic hydroxyl groups excluding tert-OH is 3. The van der Waals surface area contributed by atoms with Crippen LogP contribution in [0.5, 0.6) is 0 Å². The molecule has 0 bridgehead atoms. The molecule has 40 unspecified atom stereocenters. The summed E-state index contributed by atoms with van der Waals surface area (Å²) in [4.78, 5) is 50.6. The van der Waals surface area contributed by atoms with E-state index in [9.17, 15) is 44.7 Å². The number of esters is 2. The number of Topliss-reactive ketones (excluding diaryl/α,β-unsaturated/α-hetero) is 2. The highest BCUT2D eigenvalue weighted by Crippen LogP contribution is 2.79. The highest BCUT2D eigenvalue weighted by molar-refractivity contribution is 5.92. The van der Waals surface area contributed by atoms with Gasteiger partial charge in [0.25, 0.3) is 0 Å². The molecule has 16 saturated carbocycles. The van der Waals surface area contributed by atoms with Crippen molar-refractivity contribution in [1.29, 1.82) is 0 Å². The molecule has 50 atom stereocenters. The van der Waals surface area contributed by atoms with Gasteiger partial charge in [-0.2, -0.15) is 0 Å². The molecule has 8 aliphatic heterocycles. The second-order valence-electron chi connectivity index (χ2n) is 54.3. The average molecular weight is 1840 g/mol. The maximum atomic E-state index is 14.0. The first-order valence-electron chi connectivity index (χ1n) is 55.4. The van der Waals surface area contributed by atoms with Gasteiger partial charge in [0.2, 0.25) is 0 Å². The number of aliphatic hydroxyl groups is 5. The molecule has 0 aromatic carbocycles. The van der Waals surface area contributed by atoms with Gasteiger partial charge < -0.3 is 72.9 Å². The molecule has 0 radical (unpaired) electrons. The van der Waals surface area contributed by atoms with Crippen molar-refractivity contribution in [3.05, 3.63) is 0 Å². The normalized spacial score (nSPS) is 60.1. The van der Waals surface area contributed by atoms with Crippen molar-refractivity contribution in [3.8, 4) is 0 Å². The Balaban J connectivity index is 0.000000106. The molecule has 0 amide bonds. The van der Waals surface area contributed by atoms with Crippen LogP contribution in [0.2, 0.25) is 0 Å². The summed E-state index contributed by atoms with van der Waals surface area (Å²) in [6, 6.07) is 0. The van der Waals surface area contributed by atoms with Crippen molar-refractivity contribution < 1.29 is 92.1 Å². The van der Waals surface area contributed by atoms with E-state index in [2.05, 4.69) is 118 Å². The van der Waals surface area contributed by atoms with Gasteiger partial charge in [0.1, 0.15) is 23.4 Å². The third kappa shape index (κ3) is 14.0. The maximum Gasteiger partial charge on any atom is 0.302 e. The van der Waals surface area contributed by atoms with Crippen molar-refractivity contribution in [2.45, 2.75) is 452 Å². The number of carbonyl (C=O) groups is 4. The Kier molecular flexibility index (Phi) is 24.1. The van der Waals surface area contributed by atoms with Crippen LogP contribution in [0.4, 0.5) is 0 Å². The SMILES string of the molecule is CC(=O)OC1CCC2(C)C(CCC3C2CCC2(C)C3CC3O[C@@]4(CCC(C)CO4)C(C)C32)C1.CC(=O)OC1CCC2(C)C3CCC4(C)C(CC5O[C@@]6(CCC(C)CO6)[C@@H](C)C54)C3[C@H](C)C(=O)[C@@]2(O)C1.CC1CC[C@]2(OC1)OC1CC3C4CC(=O)[C@@]5(O)CC(O)CCC5(C)C4CCC3(C)C1[C@@H]2C.CC1CC[C@]2(OC1)OC1CC3C4CC(O)C5CC(O)CCC5(C)C4CCC3(C)C1[C@@H]2C. The Morgan fingerprint density at radius 1 is 0.341 bits per heavy atom. The van der Waals surface area contributed by atoms with Gasteiger partial charge in [-0.25, -0.2) is 0 Å². The topological polar surface area (TPSA) is 262 Å². The first-order chi connectivity index (χ1) is 62.2. The summed E-state index contributed by atoms with van der Waals surface area (Å²) in [6.45, 7) is 46.5. The number of rotatable bonds is 2. The zero-order valence-corrected chi connectivity index (χ0v) is 85.0. The van der Waals surface area contributed by atoms with E-state index in [1.54, 1.807) is 6.92 Å². The van der Waals surface area contributed by atoms with Crippen LogP contribution in [0, 0.1) is 203 Å². The van der Waals surface area contributed by atoms with Gasteiger partial charge in [-0.1, -0.05) is 118 Å². The second kappa shape index (κ2) is 33.2. The van der Waals surface area contributed by atoms with Crippen LogP contribution in [-0.4, -0.2) is 165 Å². The first kappa shape index (κ1) is 95.9. The fourth-order valence-electron chi connectivity index (χ4n) is 41.7. The molecular formula is C113H178O19. The van der Waals surface area contributed by atoms with Crippen LogP contribution < -0.4 is 0 Å². The zero-order chi connectivity index (χ0) is 93.4. The van der Waals surface area contributed by atoms with Crippen molar-refractivity contribution in [1.82, 2.24) is 0 Å². The summed E-state index contributed by atoms with van der Waals surface area (Å²) in [5, 5.41) is 55.4. The number of carbonyl (C=O) groups excluding carboxylic acids is 4. The van der Waals surface area contributed by atoms with Crippen molar-refractivity contribution in [2.75, 3.05) is 26.4 Å². The molecule has 5 N–H and O–H groups in total. The Morgan fingerprint density at radius 3 is 1.20 bits per heavy atom. The Bertz CT molecular complexity index is 4310. The van der Waals surface area contributed by atoms with Crippen LogP contribution in [0.1, 0.15) is 363 Å². The molecule has 19 nitrogen and oxygen atoms in total. The minimum absolute atomic E-state index is 0.0173. The molecule has 8 saturated heterocycles. The minimum atomic E-state index is -1.42. The third-order valence-electron chi connectivity index (χ3n) is 48.6. The van der Waals surface area contributed by atoms with E-state index < -0.39 is 39.7 Å². The summed E-state index contributed by atoms with van der Waals surface area (Å²) in [5.41, 5.74) is -2.06. The van der Waals surface area contributed by atoms with E-state index in [1.807, 2.05) is 0 Å². The molecule has 0 aromatic heterocycles. The van der Waals surface area contributed by atoms with Crippen molar-refractivity contribution >= 4 is 23.5 Å². The van der Waals surface area contributed by atoms with E-state index in [-0.39, 0.29) is 119 Å². The average Bonchev–Trinajstić information content (AvgIpc) is 1.51. The molecule has 24 rings (SSSR count). The Hall–Kier alpha value is -2.24. The standard InChI is InChI=1S/C30H46O6.C29H46O4.C27H42O5.C27H44O4/c1-16-7-12-30(34-15-16)18(3)25-23(36-30)13-22-24-17(2)26(32)29(33)14-20(35-19(4)31)8-11-28(29,6)21(24)9-10-27(22,25)5;1-17-8-13-29(31-16-17)18(2)26-25(33-29)15-24-22-7-6-20-14-21(32-19(3)30)9-11-27(20,4)23(22)10-12-28(24,26)5;1-15-5-10-27(31-14-15)16(2)23-21(32-27)12-20-18-11-22(29)26(30)13-17(28)6-9-25(26,4)19(18)7-8-24(20,23)3;1-15-5-10-27(30-14-15)16(2)24-23(31-27)13-20-18-12-22(29)21-11-17(28)6-8-25(21,3)19(18)7-9-26(20,24)4/h16-18,20-25,33H,7-15H2,1-6H3;17-18,20-26H,6-16H2,1-5H3;15-21,23,28,30H,5-14H2,1-4H3;15-24,28-29H,5-14H2,1-4H3/t16?,17-,18-,20?,21?,22?,23?,24?,25?,27?,28?,29-,30-;17?,18?,20?,21?,22?,23?,24?,25?,26?,27?,28?,29-;15?,16-,17?,18?,19?,20?,21?,23?,24?,25?,26-,27-;15?,16-,17?,18?,19?,20?,21?,22?,23?,24?,25?,26?,27-/m0000/s1. The first-order valence-corrected chi connectivity index (χ1v) is 55.4. The van der Waals surface area contributed by atoms with E-state index in [4.69, 9.17) is 47.4 Å². The van der Waals surface area contributed by atoms with Gasteiger partial charge in [0, 0.05) is 99.2 Å². The fraction of sp³-hybridized carbons (Fsp3) is 0.965. The molecule has 24 aliphatic rings. The molecule has 19 heteroatoms. The van der Waals surface area contributed by atoms with E-state index in [0.29, 0.717) is 160 Å². The molecule has 744 valence electrons. The quantitative estimate of drug-likeness (QED) is 0.161. The molecule has 8 heterocycles. The third-order valence-corrected chi connectivity index (χ3v) is 48.6. The number of ether oxygens (including phenoxy) is 10. The number of hydrogen-bond acceptors (Lipinski definition) is 19. The lowest BCUT2D eigenvalue weighted by atomic mass is 9.40. The summed E-state index contributed by atoms with van der Waals surface area (Å²) in [6.07, 6.45) is 36.5. The Labute approximate surface area is 792 Å². The van der Waals surface area contributed by atoms with E-state index >= 15 is 0 Å². The van der Waals surface area contributed by atoms with Crippen molar-refractivity contribution in [2.24, 2.45) is 203 Å². The summed E-state index contributed by atoms with van der Waals surface area (Å²) in [7, 11) is 0. The summed E-state index contributed by atoms with van der Waals surface area (Å²) >= 11 is 0. The molecule has 4 spiro atoms. The lowest BCUT2D eigenvalue weighted by molar-refractivity contribution is -0.274. The predicted octanol–water partition coefficient (Wildman–Crippen LogP) is 20.1. The zero-order valence-electron chi connectivity index (χ0n) is 85.0. The monoisotopic (exact) mass is 1840 g/mol. The van der Waals surface area contributed by atoms with E-state index in [1.165, 1.54) is 77.6 Å². The Morgan fingerprint density at radius 2 is 0.727 bits per heavy atom. The van der Waals surface area contributed by atoms with Gasteiger partial charge in [0.05, 0.1) is 69.2 Å². The number of ketones is 2. The van der Waals surface area contributed by atoms with Crippen LogP contribution in [0.25, 0.3) is 0 Å². The largest absolute Gasteiger partial charge is 0.463 e. The minimum Gasteiger partial charge on any atom is -0.463 e. The lowest BCUT2D eigenvalue weighted by Gasteiger charge is -2.64. The molecular weight excluding hydrogens is 1660 g/mol. The highest BCUT2D eigenvalue weighted by atomic mass is 16.7. The maximum absolute atomic E-state index is 14.0. The van der Waals surface area contributed by atoms with Gasteiger partial charge in [-0.3, -0.25) is 19.2 Å². The molecule has 16 aliphatic carbocycles.